The number of halogens is 1. The molecule has 0 radical (unpaired) electrons. The Morgan fingerprint density at radius 1 is 1.10 bits per heavy atom. The number of carbonyl (C=O) groups is 3. The maximum absolute atomic E-state index is 12.7. The van der Waals surface area contributed by atoms with Crippen molar-refractivity contribution in [3.8, 4) is 6.07 Å². The van der Waals surface area contributed by atoms with Crippen molar-refractivity contribution in [2.24, 2.45) is 10.2 Å². The summed E-state index contributed by atoms with van der Waals surface area (Å²) in [6.07, 6.45) is 0.734. The molecule has 0 fully saturated rings. The van der Waals surface area contributed by atoms with Gasteiger partial charge in [0.25, 0.3) is 17.5 Å². The number of hydrogen-bond acceptors (Lipinski definition) is 9. The second-order valence-electron chi connectivity index (χ2n) is 9.24. The Balaban J connectivity index is 1.54. The number of nitriles is 1. The molecule has 1 heterocycles. The molecular formula is C29H26ClN7O5. The number of carbonyl (C=O) groups excluding carboxylic acids is 3. The monoisotopic (exact) mass is 587 g/mol. The summed E-state index contributed by atoms with van der Waals surface area (Å²) in [4.78, 5) is 51.4. The van der Waals surface area contributed by atoms with Crippen LogP contribution in [0.2, 0.25) is 5.02 Å². The van der Waals surface area contributed by atoms with Crippen LogP contribution in [-0.4, -0.2) is 47.2 Å². The topological polar surface area (TPSA) is 161 Å². The highest BCUT2D eigenvalue weighted by atomic mass is 35.5. The number of non-ortho nitro benzene ring substituents is 1. The van der Waals surface area contributed by atoms with Gasteiger partial charge >= 0.3 is 0 Å². The van der Waals surface area contributed by atoms with Crippen LogP contribution in [0, 0.1) is 21.4 Å². The van der Waals surface area contributed by atoms with Crippen molar-refractivity contribution in [2.45, 2.75) is 26.7 Å². The molecule has 12 nitrogen and oxygen atoms in total. The summed E-state index contributed by atoms with van der Waals surface area (Å²) in [5.41, 5.74) is 1.71. The van der Waals surface area contributed by atoms with Gasteiger partial charge in [0.15, 0.2) is 0 Å². The number of nitro benzene ring substituents is 1. The minimum atomic E-state index is -0.663. The third-order valence-corrected chi connectivity index (χ3v) is 6.94. The number of rotatable bonds is 11. The van der Waals surface area contributed by atoms with Crippen LogP contribution in [0.1, 0.15) is 53.0 Å². The molecule has 3 aromatic carbocycles. The van der Waals surface area contributed by atoms with Gasteiger partial charge in [-0.05, 0) is 43.7 Å². The quantitative estimate of drug-likeness (QED) is 0.117. The van der Waals surface area contributed by atoms with Gasteiger partial charge in [-0.2, -0.15) is 5.26 Å². The van der Waals surface area contributed by atoms with E-state index in [1.54, 1.807) is 49.4 Å². The minimum absolute atomic E-state index is 0.0371. The Morgan fingerprint density at radius 3 is 2.38 bits per heavy atom. The first-order chi connectivity index (χ1) is 20.2. The molecule has 42 heavy (non-hydrogen) atoms. The molecule has 1 aliphatic rings. The molecule has 0 atom stereocenters. The number of nitro groups is 1. The number of imide groups is 1. The summed E-state index contributed by atoms with van der Waals surface area (Å²) >= 11 is 6.16. The van der Waals surface area contributed by atoms with Crippen molar-refractivity contribution in [3.63, 3.8) is 0 Å². The van der Waals surface area contributed by atoms with Crippen LogP contribution in [0.15, 0.2) is 64.8 Å². The van der Waals surface area contributed by atoms with Crippen LogP contribution in [0.3, 0.4) is 0 Å². The van der Waals surface area contributed by atoms with E-state index in [0.717, 1.165) is 17.8 Å². The summed E-state index contributed by atoms with van der Waals surface area (Å²) in [6, 6.07) is 15.9. The van der Waals surface area contributed by atoms with Crippen molar-refractivity contribution in [1.82, 2.24) is 4.90 Å². The van der Waals surface area contributed by atoms with E-state index in [2.05, 4.69) is 15.5 Å². The zero-order valence-corrected chi connectivity index (χ0v) is 23.6. The molecule has 1 aliphatic heterocycles. The number of hydrogen-bond donors (Lipinski definition) is 1. The maximum atomic E-state index is 12.7. The van der Waals surface area contributed by atoms with Gasteiger partial charge in [-0.25, -0.2) is 0 Å². The Bertz CT molecular complexity index is 1610. The highest BCUT2D eigenvalue weighted by molar-refractivity contribution is 6.33. The van der Waals surface area contributed by atoms with Crippen molar-refractivity contribution in [3.05, 3.63) is 86.4 Å². The van der Waals surface area contributed by atoms with Crippen LogP contribution >= 0.6 is 11.6 Å². The normalized spacial score (nSPS) is 12.4. The summed E-state index contributed by atoms with van der Waals surface area (Å²) in [5.74, 6) is -0.862. The van der Waals surface area contributed by atoms with Gasteiger partial charge in [-0.15, -0.1) is 10.2 Å². The van der Waals surface area contributed by atoms with Crippen LogP contribution in [0.4, 0.5) is 28.4 Å². The van der Waals surface area contributed by atoms with Crippen LogP contribution in [0.5, 0.6) is 0 Å². The molecule has 0 bridgehead atoms. The van der Waals surface area contributed by atoms with E-state index in [0.29, 0.717) is 36.3 Å². The summed E-state index contributed by atoms with van der Waals surface area (Å²) in [6.45, 7) is 5.05. The molecule has 0 saturated carbocycles. The van der Waals surface area contributed by atoms with E-state index in [1.807, 2.05) is 17.9 Å². The van der Waals surface area contributed by atoms with Crippen molar-refractivity contribution in [1.29, 1.82) is 5.26 Å². The Kier molecular flexibility index (Phi) is 9.24. The smallest absolute Gasteiger partial charge is 0.272 e. The van der Waals surface area contributed by atoms with E-state index in [9.17, 15) is 29.8 Å². The zero-order valence-electron chi connectivity index (χ0n) is 22.8. The third-order valence-electron chi connectivity index (χ3n) is 6.65. The number of nitrogens with zero attached hydrogens (tertiary/aromatic N) is 6. The lowest BCUT2D eigenvalue weighted by Crippen LogP contribution is -2.33. The molecule has 0 spiro atoms. The summed E-state index contributed by atoms with van der Waals surface area (Å²) < 4.78 is 0. The van der Waals surface area contributed by atoms with E-state index in [-0.39, 0.29) is 58.3 Å². The fourth-order valence-corrected chi connectivity index (χ4v) is 4.71. The van der Waals surface area contributed by atoms with Crippen LogP contribution < -0.4 is 10.2 Å². The fourth-order valence-electron chi connectivity index (χ4n) is 4.46. The van der Waals surface area contributed by atoms with E-state index < -0.39 is 4.92 Å². The van der Waals surface area contributed by atoms with Crippen molar-refractivity contribution in [2.75, 3.05) is 29.9 Å². The van der Waals surface area contributed by atoms with Crippen molar-refractivity contribution < 1.29 is 19.3 Å². The van der Waals surface area contributed by atoms with E-state index in [1.165, 1.54) is 4.90 Å². The van der Waals surface area contributed by atoms with Crippen LogP contribution in [0.25, 0.3) is 0 Å². The molecule has 13 heteroatoms. The molecule has 0 unspecified atom stereocenters. The average Bonchev–Trinajstić information content (AvgIpc) is 3.23. The first kappa shape index (κ1) is 29.8. The number of azo groups is 1. The minimum Gasteiger partial charge on any atom is -0.372 e. The van der Waals surface area contributed by atoms with E-state index >= 15 is 0 Å². The van der Waals surface area contributed by atoms with Gasteiger partial charge in [0.2, 0.25) is 5.91 Å². The molecule has 0 saturated heterocycles. The molecule has 0 aromatic heterocycles. The molecule has 4 rings (SSSR count). The number of benzene rings is 3. The standard InChI is InChI=1S/C29H26ClN7O5/c1-3-26(38)32-25-16-19(10-11-24(25)33-34-27-18(17-31)14-20(37(41)42)15-23(27)30)35(4-2)12-7-13-36-28(39)21-8-5-6-9-22(21)29(36)40/h5-6,8-11,14-16H,3-4,7,12-13H2,1-2H3,(H,32,38)/b34-33+. The van der Waals surface area contributed by atoms with Gasteiger partial charge in [0.05, 0.1) is 32.3 Å². The molecule has 3 amide bonds. The number of fused-ring (bicyclic) bond motifs is 1. The lowest BCUT2D eigenvalue weighted by molar-refractivity contribution is -0.384. The number of anilines is 2. The first-order valence-electron chi connectivity index (χ1n) is 13.1. The highest BCUT2D eigenvalue weighted by Gasteiger charge is 2.34. The predicted molar refractivity (Wildman–Crippen MR) is 157 cm³/mol. The first-order valence-corrected chi connectivity index (χ1v) is 13.5. The highest BCUT2D eigenvalue weighted by Crippen LogP contribution is 2.37. The summed E-state index contributed by atoms with van der Waals surface area (Å²) in [7, 11) is 0. The lowest BCUT2D eigenvalue weighted by atomic mass is 10.1. The average molecular weight is 588 g/mol. The van der Waals surface area contributed by atoms with Gasteiger partial charge < -0.3 is 10.2 Å². The van der Waals surface area contributed by atoms with Gasteiger partial charge in [-0.1, -0.05) is 30.7 Å². The third kappa shape index (κ3) is 6.26. The Hall–Kier alpha value is -5.15. The van der Waals surface area contributed by atoms with Crippen LogP contribution in [-0.2, 0) is 4.79 Å². The summed E-state index contributed by atoms with van der Waals surface area (Å²) in [5, 5.41) is 31.5. The second-order valence-corrected chi connectivity index (χ2v) is 9.64. The largest absolute Gasteiger partial charge is 0.372 e. The Labute approximate surface area is 246 Å². The number of amides is 3. The van der Waals surface area contributed by atoms with Gasteiger partial charge in [-0.3, -0.25) is 29.4 Å². The maximum Gasteiger partial charge on any atom is 0.272 e. The molecule has 0 aliphatic carbocycles. The van der Waals surface area contributed by atoms with Crippen molar-refractivity contribution >= 4 is 57.8 Å². The van der Waals surface area contributed by atoms with Gasteiger partial charge in [0, 0.05) is 43.9 Å². The fraction of sp³-hybridized carbons (Fsp3) is 0.241. The van der Waals surface area contributed by atoms with E-state index in [4.69, 9.17) is 11.6 Å². The zero-order chi connectivity index (χ0) is 30.4. The van der Waals surface area contributed by atoms with Gasteiger partial charge in [0.1, 0.15) is 17.4 Å². The molecular weight excluding hydrogens is 562 g/mol. The molecule has 3 aromatic rings. The molecule has 214 valence electrons. The predicted octanol–water partition coefficient (Wildman–Crippen LogP) is 6.40. The lowest BCUT2D eigenvalue weighted by Gasteiger charge is -2.25. The number of nitrogens with one attached hydrogen (secondary N) is 1. The SMILES string of the molecule is CCC(=O)Nc1cc(N(CC)CCCN2C(=O)c3ccccc3C2=O)ccc1/N=N/c1c(Cl)cc([N+](=O)[O-])cc1C#N. The molecule has 1 N–H and O–H groups in total. The Morgan fingerprint density at radius 2 is 1.79 bits per heavy atom. The second kappa shape index (κ2) is 13.0.